The van der Waals surface area contributed by atoms with Crippen molar-refractivity contribution >= 4 is 43.8 Å². The number of H-pyrrole nitrogens is 1. The van der Waals surface area contributed by atoms with Crippen LogP contribution in [-0.4, -0.2) is 48.6 Å². The first-order chi connectivity index (χ1) is 17.6. The van der Waals surface area contributed by atoms with Crippen LogP contribution in [0.5, 0.6) is 0 Å². The van der Waals surface area contributed by atoms with Gasteiger partial charge in [0, 0.05) is 16.9 Å². The molecule has 0 atom stereocenters. The molecule has 1 aliphatic rings. The molecule has 4 aromatic rings. The molecule has 0 amide bonds. The average Bonchev–Trinajstić information content (AvgIpc) is 3.52. The van der Waals surface area contributed by atoms with Gasteiger partial charge in [-0.3, -0.25) is 9.59 Å². The quantitative estimate of drug-likeness (QED) is 0.383. The Kier molecular flexibility index (Phi) is 6.38. The Balaban J connectivity index is 1.41. The maximum Gasteiger partial charge on any atom is 0.333 e. The number of aliphatic imine (C=N–C) groups is 1. The smallest absolute Gasteiger partial charge is 0.333 e. The van der Waals surface area contributed by atoms with E-state index in [-0.39, 0.29) is 32.8 Å². The molecule has 3 heterocycles. The number of aromatic amines is 1. The summed E-state index contributed by atoms with van der Waals surface area (Å²) in [7, 11) is -3.79. The monoisotopic (exact) mass is 541 g/mol. The van der Waals surface area contributed by atoms with E-state index in [4.69, 9.17) is 4.74 Å². The lowest BCUT2D eigenvalue weighted by atomic mass is 10.1. The third-order valence-corrected chi connectivity index (χ3v) is 9.02. The fourth-order valence-electron chi connectivity index (χ4n) is 4.06. The molecule has 12 heteroatoms. The first kappa shape index (κ1) is 24.8. The number of hydrogen-bond acceptors (Lipinski definition) is 8. The molecule has 0 unspecified atom stereocenters. The zero-order valence-electron chi connectivity index (χ0n) is 19.5. The van der Waals surface area contributed by atoms with E-state index >= 15 is 4.39 Å². The van der Waals surface area contributed by atoms with E-state index in [1.165, 1.54) is 24.3 Å². The molecule has 190 valence electrons. The molecule has 1 N–H and O–H groups in total. The number of nitrogens with zero attached hydrogens (tertiary/aromatic N) is 2. The van der Waals surface area contributed by atoms with E-state index in [1.54, 1.807) is 25.1 Å². The van der Waals surface area contributed by atoms with Gasteiger partial charge in [-0.1, -0.05) is 6.07 Å². The number of sulfone groups is 1. The van der Waals surface area contributed by atoms with Crippen LogP contribution in [0.25, 0.3) is 16.6 Å². The standard InChI is InChI=1S/C25H20FN3O6S2/c1-14-2-7-22(36-14)37(33,34)13-17(30)10-15-3-6-21(19(26)11-15)29-24(31)18-5-4-16(23-27-8-9-35-23)12-20(18)28-25(29)32/h2-7,11-12H,8-10,13H2,1H3,(H,28,32). The highest BCUT2D eigenvalue weighted by Gasteiger charge is 2.22. The van der Waals surface area contributed by atoms with E-state index in [0.29, 0.717) is 29.2 Å². The third-order valence-electron chi connectivity index (χ3n) is 5.76. The predicted molar refractivity (Wildman–Crippen MR) is 137 cm³/mol. The average molecular weight is 542 g/mol. The number of nitrogens with one attached hydrogen (secondary N) is 1. The largest absolute Gasteiger partial charge is 0.476 e. The minimum absolute atomic E-state index is 0.102. The number of ketones is 1. The molecule has 2 aromatic heterocycles. The van der Waals surface area contributed by atoms with E-state index in [9.17, 15) is 22.8 Å². The van der Waals surface area contributed by atoms with Crippen molar-refractivity contribution in [3.63, 3.8) is 0 Å². The van der Waals surface area contributed by atoms with Crippen molar-refractivity contribution < 1.29 is 22.3 Å². The van der Waals surface area contributed by atoms with Crippen molar-refractivity contribution in [2.75, 3.05) is 18.9 Å². The number of rotatable bonds is 7. The van der Waals surface area contributed by atoms with Crippen molar-refractivity contribution in [1.82, 2.24) is 9.55 Å². The Labute approximate surface area is 213 Å². The zero-order valence-corrected chi connectivity index (χ0v) is 21.1. The molecular formula is C25H20FN3O6S2. The SMILES string of the molecule is Cc1ccc(S(=O)(=O)CC(=O)Cc2ccc(-n3c(=O)[nH]c4cc(C5=NCCO5)ccc4c3=O)c(F)c2)s1. The summed E-state index contributed by atoms with van der Waals surface area (Å²) in [6, 6.07) is 11.4. The molecule has 2 aromatic carbocycles. The fraction of sp³-hybridized carbons (Fsp3) is 0.200. The van der Waals surface area contributed by atoms with E-state index < -0.39 is 38.4 Å². The van der Waals surface area contributed by atoms with Crippen LogP contribution < -0.4 is 11.2 Å². The van der Waals surface area contributed by atoms with Gasteiger partial charge in [0.15, 0.2) is 15.6 Å². The van der Waals surface area contributed by atoms with Crippen LogP contribution in [0.2, 0.25) is 0 Å². The molecular weight excluding hydrogens is 521 g/mol. The van der Waals surface area contributed by atoms with Crippen LogP contribution in [-0.2, 0) is 25.8 Å². The number of Topliss-reactive ketones (excluding diaryl/α,β-unsaturated/α-hetero) is 1. The number of carbonyl (C=O) groups excluding carboxylic acids is 1. The molecule has 0 fully saturated rings. The van der Waals surface area contributed by atoms with Gasteiger partial charge in [0.05, 0.1) is 23.1 Å². The number of benzene rings is 2. The molecule has 0 radical (unpaired) electrons. The van der Waals surface area contributed by atoms with Crippen LogP contribution in [0.3, 0.4) is 0 Å². The second kappa shape index (κ2) is 9.52. The lowest BCUT2D eigenvalue weighted by Gasteiger charge is -2.10. The van der Waals surface area contributed by atoms with Gasteiger partial charge in [0.25, 0.3) is 5.56 Å². The van der Waals surface area contributed by atoms with Gasteiger partial charge in [0.1, 0.15) is 22.4 Å². The molecule has 0 bridgehead atoms. The minimum Gasteiger partial charge on any atom is -0.476 e. The van der Waals surface area contributed by atoms with E-state index in [0.717, 1.165) is 22.3 Å². The van der Waals surface area contributed by atoms with Gasteiger partial charge in [-0.15, -0.1) is 11.3 Å². The Morgan fingerprint density at radius 2 is 1.97 bits per heavy atom. The van der Waals surface area contributed by atoms with Crippen LogP contribution in [0, 0.1) is 12.7 Å². The highest BCUT2D eigenvalue weighted by Crippen LogP contribution is 2.22. The Morgan fingerprint density at radius 3 is 2.65 bits per heavy atom. The molecule has 37 heavy (non-hydrogen) atoms. The summed E-state index contributed by atoms with van der Waals surface area (Å²) in [6.07, 6.45) is -0.321. The number of ether oxygens (including phenoxy) is 1. The Morgan fingerprint density at radius 1 is 1.16 bits per heavy atom. The fourth-order valence-corrected chi connectivity index (χ4v) is 6.67. The lowest BCUT2D eigenvalue weighted by Crippen LogP contribution is -2.34. The molecule has 0 spiro atoms. The summed E-state index contributed by atoms with van der Waals surface area (Å²) in [5.74, 6) is -1.80. The van der Waals surface area contributed by atoms with Gasteiger partial charge in [-0.05, 0) is 55.0 Å². The van der Waals surface area contributed by atoms with Crippen molar-refractivity contribution in [2.45, 2.75) is 17.6 Å². The summed E-state index contributed by atoms with van der Waals surface area (Å²) in [6.45, 7) is 2.74. The maximum absolute atomic E-state index is 15.0. The second-order valence-corrected chi connectivity index (χ2v) is 12.0. The Hall–Kier alpha value is -3.90. The summed E-state index contributed by atoms with van der Waals surface area (Å²) in [4.78, 5) is 45.9. The van der Waals surface area contributed by atoms with Gasteiger partial charge < -0.3 is 9.72 Å². The lowest BCUT2D eigenvalue weighted by molar-refractivity contribution is -0.116. The highest BCUT2D eigenvalue weighted by molar-refractivity contribution is 7.94. The van der Waals surface area contributed by atoms with Gasteiger partial charge >= 0.3 is 5.69 Å². The number of aromatic nitrogens is 2. The van der Waals surface area contributed by atoms with Crippen LogP contribution in [0.4, 0.5) is 4.39 Å². The van der Waals surface area contributed by atoms with Crippen molar-refractivity contribution in [1.29, 1.82) is 0 Å². The van der Waals surface area contributed by atoms with Crippen molar-refractivity contribution in [3.8, 4) is 5.69 Å². The van der Waals surface area contributed by atoms with Gasteiger partial charge in [-0.2, -0.15) is 0 Å². The minimum atomic E-state index is -3.79. The van der Waals surface area contributed by atoms with Crippen LogP contribution in [0.15, 0.2) is 67.3 Å². The van der Waals surface area contributed by atoms with Crippen LogP contribution >= 0.6 is 11.3 Å². The van der Waals surface area contributed by atoms with E-state index in [2.05, 4.69) is 9.98 Å². The number of carbonyl (C=O) groups is 1. The zero-order chi connectivity index (χ0) is 26.3. The molecule has 0 aliphatic carbocycles. The number of fused-ring (bicyclic) bond motifs is 1. The van der Waals surface area contributed by atoms with Crippen molar-refractivity contribution in [3.05, 3.63) is 91.2 Å². The van der Waals surface area contributed by atoms with Gasteiger partial charge in [-0.25, -0.2) is 27.2 Å². The molecule has 1 aliphatic heterocycles. The highest BCUT2D eigenvalue weighted by atomic mass is 32.2. The number of halogens is 1. The maximum atomic E-state index is 15.0. The molecule has 0 saturated carbocycles. The second-order valence-electron chi connectivity index (χ2n) is 8.49. The topological polar surface area (TPSA) is 128 Å². The van der Waals surface area contributed by atoms with E-state index in [1.807, 2.05) is 0 Å². The third kappa shape index (κ3) is 4.89. The van der Waals surface area contributed by atoms with Gasteiger partial charge in [0.2, 0.25) is 5.90 Å². The molecule has 0 saturated heterocycles. The Bertz CT molecular complexity index is 1820. The first-order valence-corrected chi connectivity index (χ1v) is 13.7. The van der Waals surface area contributed by atoms with Crippen molar-refractivity contribution in [2.24, 2.45) is 4.99 Å². The summed E-state index contributed by atoms with van der Waals surface area (Å²) in [5.41, 5.74) is -0.778. The number of hydrogen-bond donors (Lipinski definition) is 1. The predicted octanol–water partition coefficient (Wildman–Crippen LogP) is 2.55. The summed E-state index contributed by atoms with van der Waals surface area (Å²) < 4.78 is 46.2. The molecule has 5 rings (SSSR count). The number of thiophene rings is 1. The summed E-state index contributed by atoms with van der Waals surface area (Å²) >= 11 is 1.08. The first-order valence-electron chi connectivity index (χ1n) is 11.2. The van der Waals surface area contributed by atoms with Crippen LogP contribution in [0.1, 0.15) is 16.0 Å². The molecule has 9 nitrogen and oxygen atoms in total. The normalized spacial score (nSPS) is 13.5. The number of aryl methyl sites for hydroxylation is 1. The summed E-state index contributed by atoms with van der Waals surface area (Å²) in [5, 5.41) is 0.162.